The average molecular weight is 261 g/mol. The van der Waals surface area contributed by atoms with E-state index < -0.39 is 0 Å². The molecule has 0 aliphatic heterocycles. The standard InChI is InChI=1S/C10H13BrO3/c1-5(12)7-6(13)4-10(2,3)9(11)8(7)14/h9,14H,4H2,1-3H3. The van der Waals surface area contributed by atoms with Crippen molar-refractivity contribution in [1.82, 2.24) is 0 Å². The summed E-state index contributed by atoms with van der Waals surface area (Å²) in [5.41, 5.74) is -0.397. The van der Waals surface area contributed by atoms with E-state index in [1.54, 1.807) is 0 Å². The van der Waals surface area contributed by atoms with Crippen LogP contribution in [0.15, 0.2) is 11.3 Å². The summed E-state index contributed by atoms with van der Waals surface area (Å²) in [7, 11) is 0. The summed E-state index contributed by atoms with van der Waals surface area (Å²) in [5.74, 6) is -0.762. The van der Waals surface area contributed by atoms with Crippen LogP contribution in [0.3, 0.4) is 0 Å². The monoisotopic (exact) mass is 260 g/mol. The van der Waals surface area contributed by atoms with Crippen LogP contribution < -0.4 is 0 Å². The number of Topliss-reactive ketones (excluding diaryl/α,β-unsaturated/α-hetero) is 2. The number of hydrogen-bond donors (Lipinski definition) is 1. The molecule has 1 aliphatic carbocycles. The summed E-state index contributed by atoms with van der Waals surface area (Å²) in [4.78, 5) is 22.3. The molecule has 78 valence electrons. The highest BCUT2D eigenvalue weighted by Crippen LogP contribution is 2.40. The highest BCUT2D eigenvalue weighted by molar-refractivity contribution is 9.09. The number of ketones is 2. The normalized spacial score (nSPS) is 26.6. The number of aliphatic hydroxyl groups excluding tert-OH is 1. The molecule has 0 amide bonds. The van der Waals surface area contributed by atoms with Gasteiger partial charge in [0.1, 0.15) is 5.76 Å². The van der Waals surface area contributed by atoms with Gasteiger partial charge < -0.3 is 5.11 Å². The first-order valence-electron chi connectivity index (χ1n) is 4.38. The molecule has 0 bridgehead atoms. The molecular weight excluding hydrogens is 248 g/mol. The van der Waals surface area contributed by atoms with Crippen LogP contribution in [0.25, 0.3) is 0 Å². The minimum atomic E-state index is -0.368. The lowest BCUT2D eigenvalue weighted by molar-refractivity contribution is -0.122. The average Bonchev–Trinajstić information content (AvgIpc) is 1.98. The molecule has 3 nitrogen and oxygen atoms in total. The fourth-order valence-corrected chi connectivity index (χ4v) is 2.00. The Morgan fingerprint density at radius 3 is 2.50 bits per heavy atom. The molecule has 0 heterocycles. The van der Waals surface area contributed by atoms with Gasteiger partial charge >= 0.3 is 0 Å². The number of allylic oxidation sites excluding steroid dienone is 2. The fraction of sp³-hybridized carbons (Fsp3) is 0.600. The molecule has 1 unspecified atom stereocenters. The first kappa shape index (κ1) is 11.4. The van der Waals surface area contributed by atoms with Crippen LogP contribution in [0.5, 0.6) is 0 Å². The zero-order chi connectivity index (χ0) is 11.1. The van der Waals surface area contributed by atoms with E-state index in [0.29, 0.717) is 0 Å². The third-order valence-corrected chi connectivity index (χ3v) is 4.10. The van der Waals surface area contributed by atoms with E-state index in [-0.39, 0.29) is 39.6 Å². The van der Waals surface area contributed by atoms with Crippen LogP contribution in [-0.4, -0.2) is 21.5 Å². The van der Waals surface area contributed by atoms with Gasteiger partial charge in [-0.05, 0) is 12.3 Å². The molecular formula is C10H13BrO3. The van der Waals surface area contributed by atoms with Crippen LogP contribution >= 0.6 is 15.9 Å². The van der Waals surface area contributed by atoms with Crippen molar-refractivity contribution in [2.24, 2.45) is 5.41 Å². The predicted octanol–water partition coefficient (Wildman–Crippen LogP) is 2.15. The summed E-state index contributed by atoms with van der Waals surface area (Å²) in [6.07, 6.45) is 0.280. The Morgan fingerprint density at radius 1 is 1.57 bits per heavy atom. The van der Waals surface area contributed by atoms with Crippen molar-refractivity contribution in [2.45, 2.75) is 32.0 Å². The smallest absolute Gasteiger partial charge is 0.170 e. The van der Waals surface area contributed by atoms with Gasteiger partial charge in [-0.25, -0.2) is 0 Å². The van der Waals surface area contributed by atoms with E-state index in [2.05, 4.69) is 15.9 Å². The van der Waals surface area contributed by atoms with Crippen molar-refractivity contribution in [3.05, 3.63) is 11.3 Å². The first-order valence-corrected chi connectivity index (χ1v) is 5.30. The minimum absolute atomic E-state index is 0.0498. The highest BCUT2D eigenvalue weighted by atomic mass is 79.9. The predicted molar refractivity (Wildman–Crippen MR) is 56.5 cm³/mol. The van der Waals surface area contributed by atoms with Gasteiger partial charge in [0.25, 0.3) is 0 Å². The van der Waals surface area contributed by atoms with Crippen molar-refractivity contribution in [3.8, 4) is 0 Å². The largest absolute Gasteiger partial charge is 0.510 e. The van der Waals surface area contributed by atoms with Crippen LogP contribution in [0.4, 0.5) is 0 Å². The Morgan fingerprint density at radius 2 is 2.07 bits per heavy atom. The van der Waals surface area contributed by atoms with E-state index in [4.69, 9.17) is 0 Å². The Hall–Kier alpha value is -0.640. The molecule has 0 spiro atoms. The molecule has 1 atom stereocenters. The number of alkyl halides is 1. The number of aliphatic hydroxyl groups is 1. The van der Waals surface area contributed by atoms with Crippen LogP contribution in [0.1, 0.15) is 27.2 Å². The van der Waals surface area contributed by atoms with Crippen LogP contribution in [0, 0.1) is 5.41 Å². The molecule has 14 heavy (non-hydrogen) atoms. The quantitative estimate of drug-likeness (QED) is 0.581. The second-order valence-corrected chi connectivity index (χ2v) is 5.18. The molecule has 0 saturated carbocycles. The van der Waals surface area contributed by atoms with Crippen molar-refractivity contribution in [1.29, 1.82) is 0 Å². The molecule has 1 N–H and O–H groups in total. The maximum absolute atomic E-state index is 11.5. The lowest BCUT2D eigenvalue weighted by Gasteiger charge is -2.34. The van der Waals surface area contributed by atoms with Gasteiger partial charge in [-0.3, -0.25) is 9.59 Å². The van der Waals surface area contributed by atoms with E-state index in [1.165, 1.54) is 6.92 Å². The van der Waals surface area contributed by atoms with Crippen LogP contribution in [-0.2, 0) is 9.59 Å². The molecule has 1 aliphatic rings. The van der Waals surface area contributed by atoms with E-state index in [0.717, 1.165) is 0 Å². The lowest BCUT2D eigenvalue weighted by Crippen LogP contribution is -2.37. The van der Waals surface area contributed by atoms with Gasteiger partial charge in [-0.1, -0.05) is 29.8 Å². The number of carbonyl (C=O) groups is 2. The Bertz CT molecular complexity index is 328. The third kappa shape index (κ3) is 1.75. The van der Waals surface area contributed by atoms with Gasteiger partial charge in [0, 0.05) is 6.42 Å². The SMILES string of the molecule is CC(=O)C1=C(O)C(Br)C(C)(C)CC1=O. The fourth-order valence-electron chi connectivity index (χ4n) is 1.61. The number of halogens is 1. The van der Waals surface area contributed by atoms with Gasteiger partial charge in [-0.15, -0.1) is 0 Å². The molecule has 0 aromatic rings. The molecule has 0 saturated heterocycles. The summed E-state index contributed by atoms with van der Waals surface area (Å²) in [5, 5.41) is 9.70. The maximum Gasteiger partial charge on any atom is 0.170 e. The number of rotatable bonds is 1. The van der Waals surface area contributed by atoms with E-state index in [1.807, 2.05) is 13.8 Å². The second kappa shape index (κ2) is 3.50. The van der Waals surface area contributed by atoms with Gasteiger partial charge in [0.15, 0.2) is 11.6 Å². The second-order valence-electron chi connectivity index (χ2n) is 4.27. The van der Waals surface area contributed by atoms with Crippen molar-refractivity contribution in [3.63, 3.8) is 0 Å². The summed E-state index contributed by atoms with van der Waals surface area (Å²) >= 11 is 3.30. The Balaban J connectivity index is 3.24. The molecule has 1 rings (SSSR count). The van der Waals surface area contributed by atoms with Crippen molar-refractivity contribution in [2.75, 3.05) is 0 Å². The van der Waals surface area contributed by atoms with Crippen LogP contribution in [0.2, 0.25) is 0 Å². The molecule has 0 aromatic carbocycles. The topological polar surface area (TPSA) is 54.4 Å². The maximum atomic E-state index is 11.5. The summed E-state index contributed by atoms with van der Waals surface area (Å²) < 4.78 is 0. The zero-order valence-electron chi connectivity index (χ0n) is 8.43. The Kier molecular flexibility index (Phi) is 2.86. The van der Waals surface area contributed by atoms with Crippen molar-refractivity contribution < 1.29 is 14.7 Å². The lowest BCUT2D eigenvalue weighted by atomic mass is 9.76. The summed E-state index contributed by atoms with van der Waals surface area (Å²) in [6, 6.07) is 0. The van der Waals surface area contributed by atoms with Gasteiger partial charge in [0.2, 0.25) is 0 Å². The molecule has 0 aromatic heterocycles. The number of carbonyl (C=O) groups excluding carboxylic acids is 2. The van der Waals surface area contributed by atoms with Gasteiger partial charge in [-0.2, -0.15) is 0 Å². The van der Waals surface area contributed by atoms with E-state index >= 15 is 0 Å². The zero-order valence-corrected chi connectivity index (χ0v) is 10.0. The third-order valence-electron chi connectivity index (χ3n) is 2.43. The molecule has 0 fully saturated rings. The highest BCUT2D eigenvalue weighted by Gasteiger charge is 2.41. The Labute approximate surface area is 91.3 Å². The minimum Gasteiger partial charge on any atom is -0.510 e. The number of hydrogen-bond acceptors (Lipinski definition) is 3. The summed E-state index contributed by atoms with van der Waals surface area (Å²) in [6.45, 7) is 5.04. The van der Waals surface area contributed by atoms with Gasteiger partial charge in [0.05, 0.1) is 10.4 Å². The molecule has 0 radical (unpaired) electrons. The first-order chi connectivity index (χ1) is 6.27. The van der Waals surface area contributed by atoms with E-state index in [9.17, 15) is 14.7 Å². The molecule has 4 heteroatoms. The van der Waals surface area contributed by atoms with Crippen molar-refractivity contribution >= 4 is 27.5 Å².